The zero-order valence-electron chi connectivity index (χ0n) is 11.7. The van der Waals surface area contributed by atoms with E-state index >= 15 is 0 Å². The molecule has 0 saturated carbocycles. The van der Waals surface area contributed by atoms with Crippen molar-refractivity contribution in [1.29, 1.82) is 0 Å². The quantitative estimate of drug-likeness (QED) is 0.786. The van der Waals surface area contributed by atoms with Crippen molar-refractivity contribution in [3.63, 3.8) is 0 Å². The fraction of sp³-hybridized carbons (Fsp3) is 0. The SMILES string of the molecule is O=C1C=C(n2ncc3cc(-c4ccccc4F)ccc32)S(=O)N1. The van der Waals surface area contributed by atoms with Crippen LogP contribution in [-0.4, -0.2) is 19.9 Å². The Morgan fingerprint density at radius 2 is 2.00 bits per heavy atom. The van der Waals surface area contributed by atoms with Gasteiger partial charge in [-0.2, -0.15) is 5.10 Å². The second kappa shape index (κ2) is 5.13. The molecule has 1 unspecified atom stereocenters. The predicted octanol–water partition coefficient (Wildman–Crippen LogP) is 2.43. The maximum absolute atomic E-state index is 13.9. The Morgan fingerprint density at radius 1 is 1.17 bits per heavy atom. The molecule has 0 radical (unpaired) electrons. The van der Waals surface area contributed by atoms with Gasteiger partial charge in [-0.05, 0) is 23.8 Å². The van der Waals surface area contributed by atoms with E-state index in [2.05, 4.69) is 9.82 Å². The smallest absolute Gasteiger partial charge is 0.258 e. The molecule has 3 aromatic rings. The third-order valence-corrected chi connectivity index (χ3v) is 4.66. The van der Waals surface area contributed by atoms with Crippen molar-refractivity contribution in [2.24, 2.45) is 0 Å². The molecular weight excluding hydrogens is 317 g/mol. The van der Waals surface area contributed by atoms with Crippen molar-refractivity contribution < 1.29 is 13.4 Å². The fourth-order valence-electron chi connectivity index (χ4n) is 2.55. The van der Waals surface area contributed by atoms with Crippen molar-refractivity contribution in [2.45, 2.75) is 0 Å². The minimum atomic E-state index is -1.62. The van der Waals surface area contributed by atoms with Gasteiger partial charge in [0.1, 0.15) is 5.82 Å². The minimum absolute atomic E-state index is 0.281. The number of carbonyl (C=O) groups excluding carboxylic acids is 1. The topological polar surface area (TPSA) is 64.0 Å². The van der Waals surface area contributed by atoms with Gasteiger partial charge in [0.25, 0.3) is 5.91 Å². The number of hydrogen-bond acceptors (Lipinski definition) is 3. The van der Waals surface area contributed by atoms with Crippen LogP contribution in [0.4, 0.5) is 4.39 Å². The highest BCUT2D eigenvalue weighted by molar-refractivity contribution is 7.93. The van der Waals surface area contributed by atoms with Crippen LogP contribution in [0.5, 0.6) is 0 Å². The molecule has 0 spiro atoms. The average molecular weight is 327 g/mol. The van der Waals surface area contributed by atoms with Crippen LogP contribution in [-0.2, 0) is 15.8 Å². The third-order valence-electron chi connectivity index (χ3n) is 3.60. The number of amides is 1. The first-order chi connectivity index (χ1) is 11.1. The molecule has 114 valence electrons. The normalized spacial score (nSPS) is 17.3. The molecule has 1 aliphatic rings. The Hall–Kier alpha value is -2.80. The van der Waals surface area contributed by atoms with Crippen LogP contribution in [0.25, 0.3) is 27.1 Å². The lowest BCUT2D eigenvalue weighted by Crippen LogP contribution is -2.17. The van der Waals surface area contributed by atoms with Gasteiger partial charge in [-0.25, -0.2) is 13.3 Å². The van der Waals surface area contributed by atoms with E-state index in [0.717, 1.165) is 10.9 Å². The number of aromatic nitrogens is 2. The molecule has 4 rings (SSSR count). The van der Waals surface area contributed by atoms with Gasteiger partial charge >= 0.3 is 0 Å². The van der Waals surface area contributed by atoms with Crippen molar-refractivity contribution >= 4 is 32.8 Å². The molecule has 1 aliphatic heterocycles. The fourth-order valence-corrected chi connectivity index (χ4v) is 3.41. The summed E-state index contributed by atoms with van der Waals surface area (Å²) in [6, 6.07) is 11.9. The first-order valence-corrected chi connectivity index (χ1v) is 7.95. The number of rotatable bonds is 2. The molecule has 1 N–H and O–H groups in total. The third kappa shape index (κ3) is 2.25. The molecule has 5 nitrogen and oxygen atoms in total. The minimum Gasteiger partial charge on any atom is -0.269 e. The summed E-state index contributed by atoms with van der Waals surface area (Å²) in [5, 5.41) is 5.24. The number of halogens is 1. The van der Waals surface area contributed by atoms with Crippen LogP contribution in [0.1, 0.15) is 0 Å². The van der Waals surface area contributed by atoms with Crippen LogP contribution >= 0.6 is 0 Å². The monoisotopic (exact) mass is 327 g/mol. The van der Waals surface area contributed by atoms with E-state index in [1.54, 1.807) is 36.5 Å². The molecule has 23 heavy (non-hydrogen) atoms. The number of carbonyl (C=O) groups is 1. The first kappa shape index (κ1) is 13.8. The molecule has 2 heterocycles. The summed E-state index contributed by atoms with van der Waals surface area (Å²) in [4.78, 5) is 11.3. The Bertz CT molecular complexity index is 1010. The van der Waals surface area contributed by atoms with Crippen LogP contribution in [0.3, 0.4) is 0 Å². The molecule has 0 aliphatic carbocycles. The lowest BCUT2D eigenvalue weighted by molar-refractivity contribution is -0.114. The Labute approximate surface area is 133 Å². The Kier molecular flexibility index (Phi) is 3.09. The lowest BCUT2D eigenvalue weighted by Gasteiger charge is -2.05. The standard InChI is InChI=1S/C16H10FN3O2S/c17-13-4-2-1-3-12(13)10-5-6-14-11(7-10)9-18-20(14)16-8-15(21)19-23(16)22/h1-9H,(H,19,21). The maximum Gasteiger partial charge on any atom is 0.258 e. The Morgan fingerprint density at radius 3 is 2.74 bits per heavy atom. The van der Waals surface area contributed by atoms with Gasteiger partial charge < -0.3 is 0 Å². The van der Waals surface area contributed by atoms with Gasteiger partial charge in [-0.3, -0.25) is 9.52 Å². The zero-order chi connectivity index (χ0) is 16.0. The van der Waals surface area contributed by atoms with Gasteiger partial charge in [0.2, 0.25) is 0 Å². The van der Waals surface area contributed by atoms with E-state index in [1.807, 2.05) is 6.07 Å². The highest BCUT2D eigenvalue weighted by atomic mass is 32.2. The molecule has 1 aromatic heterocycles. The summed E-state index contributed by atoms with van der Waals surface area (Å²) >= 11 is 0. The maximum atomic E-state index is 13.9. The van der Waals surface area contributed by atoms with Crippen LogP contribution in [0.15, 0.2) is 54.7 Å². The van der Waals surface area contributed by atoms with Crippen LogP contribution in [0, 0.1) is 5.82 Å². The summed E-state index contributed by atoms with van der Waals surface area (Å²) in [7, 11) is -1.62. The summed E-state index contributed by atoms with van der Waals surface area (Å²) in [5.74, 6) is -0.710. The zero-order valence-corrected chi connectivity index (χ0v) is 12.5. The number of nitrogens with zero attached hydrogens (tertiary/aromatic N) is 2. The van der Waals surface area contributed by atoms with Gasteiger partial charge in [0.15, 0.2) is 16.0 Å². The first-order valence-electron chi connectivity index (χ1n) is 6.80. The number of nitrogens with one attached hydrogen (secondary N) is 1. The van der Waals surface area contributed by atoms with Gasteiger partial charge in [0, 0.05) is 17.0 Å². The highest BCUT2D eigenvalue weighted by Crippen LogP contribution is 2.28. The van der Waals surface area contributed by atoms with Gasteiger partial charge in [-0.15, -0.1) is 0 Å². The lowest BCUT2D eigenvalue weighted by atomic mass is 10.0. The second-order valence-corrected chi connectivity index (χ2v) is 6.19. The summed E-state index contributed by atoms with van der Waals surface area (Å²) in [5.41, 5.74) is 1.93. The molecule has 2 aromatic carbocycles. The summed E-state index contributed by atoms with van der Waals surface area (Å²) < 4.78 is 29.5. The molecule has 0 fully saturated rings. The Balaban J connectivity index is 1.84. The van der Waals surface area contributed by atoms with Crippen molar-refractivity contribution in [3.8, 4) is 11.1 Å². The highest BCUT2D eigenvalue weighted by Gasteiger charge is 2.23. The number of benzene rings is 2. The van der Waals surface area contributed by atoms with E-state index in [0.29, 0.717) is 11.1 Å². The van der Waals surface area contributed by atoms with Crippen molar-refractivity contribution in [1.82, 2.24) is 14.5 Å². The van der Waals surface area contributed by atoms with E-state index in [-0.39, 0.29) is 10.8 Å². The van der Waals surface area contributed by atoms with E-state index in [9.17, 15) is 13.4 Å². The summed E-state index contributed by atoms with van der Waals surface area (Å²) in [6.45, 7) is 0. The van der Waals surface area contributed by atoms with Gasteiger partial charge in [-0.1, -0.05) is 24.3 Å². The molecule has 1 amide bonds. The van der Waals surface area contributed by atoms with Crippen molar-refractivity contribution in [2.75, 3.05) is 0 Å². The molecule has 1 atom stereocenters. The van der Waals surface area contributed by atoms with Crippen molar-refractivity contribution in [3.05, 3.63) is 60.6 Å². The van der Waals surface area contributed by atoms with E-state index < -0.39 is 16.9 Å². The summed E-state index contributed by atoms with van der Waals surface area (Å²) in [6.07, 6.45) is 2.86. The molecule has 0 saturated heterocycles. The van der Waals surface area contributed by atoms with E-state index in [4.69, 9.17) is 0 Å². The molecule has 0 bridgehead atoms. The van der Waals surface area contributed by atoms with Crippen LogP contribution < -0.4 is 4.72 Å². The average Bonchev–Trinajstić information content (AvgIpc) is 3.09. The predicted molar refractivity (Wildman–Crippen MR) is 85.7 cm³/mol. The van der Waals surface area contributed by atoms with Crippen LogP contribution in [0.2, 0.25) is 0 Å². The van der Waals surface area contributed by atoms with Gasteiger partial charge in [0.05, 0.1) is 11.7 Å². The molecular formula is C16H10FN3O2S. The number of hydrogen-bond donors (Lipinski definition) is 1. The second-order valence-electron chi connectivity index (χ2n) is 5.03. The largest absolute Gasteiger partial charge is 0.269 e. The number of fused-ring (bicyclic) bond motifs is 1. The van der Waals surface area contributed by atoms with E-state index in [1.165, 1.54) is 16.8 Å². The molecule has 7 heteroatoms.